The molecule has 1 atom stereocenters. The molecule has 0 amide bonds. The van der Waals surface area contributed by atoms with Gasteiger partial charge < -0.3 is 5.32 Å². The van der Waals surface area contributed by atoms with Crippen LogP contribution in [0.1, 0.15) is 20.3 Å². The molecule has 0 aliphatic rings. The van der Waals surface area contributed by atoms with Crippen molar-refractivity contribution in [2.75, 3.05) is 18.1 Å². The minimum Gasteiger partial charge on any atom is -0.302 e. The molecule has 0 radical (unpaired) electrons. The molecule has 0 spiro atoms. The summed E-state index contributed by atoms with van der Waals surface area (Å²) in [5, 5.41) is 11.4. The molecule has 1 unspecified atom stereocenters. The number of hydrogen-bond acceptors (Lipinski definition) is 3. The molecule has 0 heterocycles. The second-order valence-electron chi connectivity index (χ2n) is 2.43. The van der Waals surface area contributed by atoms with Gasteiger partial charge in [0.15, 0.2) is 0 Å². The highest BCUT2D eigenvalue weighted by molar-refractivity contribution is 7.99. The Bertz CT molecular complexity index is 120. The zero-order valence-corrected chi connectivity index (χ0v) is 8.08. The Morgan fingerprint density at radius 3 is 2.91 bits per heavy atom. The summed E-state index contributed by atoms with van der Waals surface area (Å²) in [6.07, 6.45) is 1.15. The maximum absolute atomic E-state index is 8.27. The first-order chi connectivity index (χ1) is 5.31. The monoisotopic (exact) mass is 172 g/mol. The van der Waals surface area contributed by atoms with Gasteiger partial charge in [0.25, 0.3) is 0 Å². The minimum atomic E-state index is 0.470. The molecule has 3 heteroatoms. The highest BCUT2D eigenvalue weighted by atomic mass is 32.2. The smallest absolute Gasteiger partial charge is 0.0842 e. The van der Waals surface area contributed by atoms with Gasteiger partial charge in [-0.25, -0.2) is 0 Å². The van der Waals surface area contributed by atoms with E-state index in [9.17, 15) is 0 Å². The Morgan fingerprint density at radius 2 is 2.36 bits per heavy atom. The van der Waals surface area contributed by atoms with Gasteiger partial charge in [0.05, 0.1) is 12.6 Å². The fourth-order valence-corrected chi connectivity index (χ4v) is 1.54. The van der Waals surface area contributed by atoms with Gasteiger partial charge in [0, 0.05) is 6.04 Å². The molecule has 0 fully saturated rings. The summed E-state index contributed by atoms with van der Waals surface area (Å²) in [4.78, 5) is 0. The van der Waals surface area contributed by atoms with Crippen molar-refractivity contribution < 1.29 is 0 Å². The first-order valence-corrected chi connectivity index (χ1v) is 5.14. The minimum absolute atomic E-state index is 0.470. The summed E-state index contributed by atoms with van der Waals surface area (Å²) in [7, 11) is 0. The lowest BCUT2D eigenvalue weighted by molar-refractivity contribution is 0.574. The topological polar surface area (TPSA) is 35.8 Å². The van der Waals surface area contributed by atoms with E-state index in [1.54, 1.807) is 0 Å². The van der Waals surface area contributed by atoms with E-state index in [4.69, 9.17) is 5.26 Å². The molecule has 0 aromatic rings. The molecule has 0 bridgehead atoms. The zero-order valence-electron chi connectivity index (χ0n) is 7.26. The van der Waals surface area contributed by atoms with Gasteiger partial charge in [-0.3, -0.25) is 0 Å². The molecule has 2 nitrogen and oxygen atoms in total. The van der Waals surface area contributed by atoms with Gasteiger partial charge in [-0.05, 0) is 24.9 Å². The van der Waals surface area contributed by atoms with Gasteiger partial charge >= 0.3 is 0 Å². The van der Waals surface area contributed by atoms with E-state index >= 15 is 0 Å². The molecule has 11 heavy (non-hydrogen) atoms. The Balaban J connectivity index is 3.10. The van der Waals surface area contributed by atoms with Crippen LogP contribution in [0.4, 0.5) is 0 Å². The van der Waals surface area contributed by atoms with Crippen LogP contribution in [0.15, 0.2) is 0 Å². The van der Waals surface area contributed by atoms with Crippen LogP contribution >= 0.6 is 11.8 Å². The summed E-state index contributed by atoms with van der Waals surface area (Å²) >= 11 is 1.95. The third-order valence-corrected chi connectivity index (χ3v) is 2.36. The van der Waals surface area contributed by atoms with Crippen LogP contribution in [0.2, 0.25) is 0 Å². The van der Waals surface area contributed by atoms with E-state index in [-0.39, 0.29) is 0 Å². The average Bonchev–Trinajstić information content (AvgIpc) is 2.01. The van der Waals surface area contributed by atoms with Crippen LogP contribution in [-0.2, 0) is 0 Å². The predicted molar refractivity (Wildman–Crippen MR) is 50.7 cm³/mol. The number of nitrogens with one attached hydrogen (secondary N) is 1. The quantitative estimate of drug-likeness (QED) is 0.488. The highest BCUT2D eigenvalue weighted by Crippen LogP contribution is 2.03. The second-order valence-corrected chi connectivity index (χ2v) is 3.82. The summed E-state index contributed by atoms with van der Waals surface area (Å²) in [5.74, 6) is 2.38. The molecular weight excluding hydrogens is 156 g/mol. The van der Waals surface area contributed by atoms with E-state index in [1.165, 1.54) is 11.5 Å². The number of rotatable bonds is 6. The Hall–Kier alpha value is -0.200. The van der Waals surface area contributed by atoms with E-state index in [1.807, 2.05) is 11.8 Å². The number of thioether (sulfide) groups is 1. The summed E-state index contributed by atoms with van der Waals surface area (Å²) in [6.45, 7) is 4.75. The van der Waals surface area contributed by atoms with Crippen molar-refractivity contribution in [2.24, 2.45) is 0 Å². The fourth-order valence-electron chi connectivity index (χ4n) is 0.726. The van der Waals surface area contributed by atoms with Crippen LogP contribution in [0.25, 0.3) is 0 Å². The third-order valence-electron chi connectivity index (χ3n) is 1.43. The SMILES string of the molecule is CCSCCC(C)NCC#N. The van der Waals surface area contributed by atoms with E-state index < -0.39 is 0 Å². The number of hydrogen-bond donors (Lipinski definition) is 1. The fraction of sp³-hybridized carbons (Fsp3) is 0.875. The molecule has 0 rings (SSSR count). The lowest BCUT2D eigenvalue weighted by Crippen LogP contribution is -2.26. The molecular formula is C8H16N2S. The lowest BCUT2D eigenvalue weighted by Gasteiger charge is -2.09. The number of nitriles is 1. The molecule has 0 saturated heterocycles. The van der Waals surface area contributed by atoms with Crippen molar-refractivity contribution in [3.63, 3.8) is 0 Å². The van der Waals surface area contributed by atoms with Crippen LogP contribution in [0.5, 0.6) is 0 Å². The van der Waals surface area contributed by atoms with Crippen molar-refractivity contribution >= 4 is 11.8 Å². The molecule has 64 valence electrons. The first-order valence-electron chi connectivity index (χ1n) is 3.99. The maximum Gasteiger partial charge on any atom is 0.0842 e. The first kappa shape index (κ1) is 10.8. The average molecular weight is 172 g/mol. The summed E-state index contributed by atoms with van der Waals surface area (Å²) in [6, 6.07) is 2.55. The molecule has 0 aliphatic carbocycles. The lowest BCUT2D eigenvalue weighted by atomic mass is 10.3. The number of nitrogens with zero attached hydrogens (tertiary/aromatic N) is 1. The Morgan fingerprint density at radius 1 is 1.64 bits per heavy atom. The van der Waals surface area contributed by atoms with Crippen molar-refractivity contribution in [1.82, 2.24) is 5.32 Å². The van der Waals surface area contributed by atoms with Gasteiger partial charge in [-0.2, -0.15) is 17.0 Å². The van der Waals surface area contributed by atoms with Crippen molar-refractivity contribution in [3.05, 3.63) is 0 Å². The van der Waals surface area contributed by atoms with Gasteiger partial charge in [-0.15, -0.1) is 0 Å². The van der Waals surface area contributed by atoms with Crippen molar-refractivity contribution in [2.45, 2.75) is 26.3 Å². The van der Waals surface area contributed by atoms with Crippen molar-refractivity contribution in [1.29, 1.82) is 5.26 Å². The summed E-state index contributed by atoms with van der Waals surface area (Å²) < 4.78 is 0. The second kappa shape index (κ2) is 7.90. The third kappa shape index (κ3) is 7.70. The van der Waals surface area contributed by atoms with Gasteiger partial charge in [-0.1, -0.05) is 6.92 Å². The van der Waals surface area contributed by atoms with Crippen LogP contribution < -0.4 is 5.32 Å². The summed E-state index contributed by atoms with van der Waals surface area (Å²) in [5.41, 5.74) is 0. The molecule has 0 saturated carbocycles. The van der Waals surface area contributed by atoms with E-state index in [0.29, 0.717) is 12.6 Å². The van der Waals surface area contributed by atoms with E-state index in [0.717, 1.165) is 6.42 Å². The zero-order chi connectivity index (χ0) is 8.53. The van der Waals surface area contributed by atoms with E-state index in [2.05, 4.69) is 25.2 Å². The Labute approximate surface area is 73.4 Å². The Kier molecular flexibility index (Phi) is 7.76. The normalized spacial score (nSPS) is 12.5. The molecule has 0 aliphatic heterocycles. The van der Waals surface area contributed by atoms with Crippen LogP contribution in [0.3, 0.4) is 0 Å². The standard InChI is InChI=1S/C8H16N2S/c1-3-11-7-4-8(2)10-6-5-9/h8,10H,3-4,6-7H2,1-2H3. The molecule has 0 aromatic heterocycles. The van der Waals surface area contributed by atoms with Crippen molar-refractivity contribution in [3.8, 4) is 6.07 Å². The largest absolute Gasteiger partial charge is 0.302 e. The molecule has 0 aromatic carbocycles. The van der Waals surface area contributed by atoms with Crippen LogP contribution in [-0.4, -0.2) is 24.1 Å². The van der Waals surface area contributed by atoms with Gasteiger partial charge in [0.2, 0.25) is 0 Å². The molecule has 1 N–H and O–H groups in total. The highest BCUT2D eigenvalue weighted by Gasteiger charge is 1.98. The van der Waals surface area contributed by atoms with Crippen LogP contribution in [0, 0.1) is 11.3 Å². The van der Waals surface area contributed by atoms with Gasteiger partial charge in [0.1, 0.15) is 0 Å². The predicted octanol–water partition coefficient (Wildman–Crippen LogP) is 1.63. The maximum atomic E-state index is 8.27.